The van der Waals surface area contributed by atoms with Crippen LogP contribution in [0.1, 0.15) is 6.92 Å². The molecule has 0 aliphatic carbocycles. The van der Waals surface area contributed by atoms with Crippen molar-refractivity contribution in [3.63, 3.8) is 0 Å². The van der Waals surface area contributed by atoms with Crippen LogP contribution in [0.5, 0.6) is 0 Å². The normalized spacial score (nSPS) is 51.7. The number of carbonyl (C=O) groups is 1. The summed E-state index contributed by atoms with van der Waals surface area (Å²) in [5.74, 6) is -1.13. The Hall–Kier alpha value is -1.25. The minimum absolute atomic E-state index is 0.684. The summed E-state index contributed by atoms with van der Waals surface area (Å²) in [6.45, 7) is -0.215. The van der Waals surface area contributed by atoms with Gasteiger partial charge in [0.25, 0.3) is 0 Å². The summed E-state index contributed by atoms with van der Waals surface area (Å²) >= 11 is 0. The fourth-order valence-electron chi connectivity index (χ4n) is 5.34. The SMILES string of the molecule is COC(=O)[C@H]1O[C@@H](O)[C@H](O)[C@@H](O)[C@@H]1O[C@@H]1O[C@H](CO)[C@@H](O[C@@H]2O[C@@H](C)[C@H](O)[C@@H](O)[C@H]2O[C@@H]2O[C@@H](CO)[C@H](O)[C@H]2O)[C@H](O)[C@H]1O. The first-order valence-corrected chi connectivity index (χ1v) is 13.8. The van der Waals surface area contributed by atoms with Gasteiger partial charge in [-0.25, -0.2) is 4.79 Å². The average molecular weight is 649 g/mol. The molecule has 4 saturated heterocycles. The molecule has 0 aromatic carbocycles. The van der Waals surface area contributed by atoms with Crippen LogP contribution in [0.3, 0.4) is 0 Å². The van der Waals surface area contributed by atoms with Crippen molar-refractivity contribution in [2.45, 2.75) is 124 Å². The standard InChI is InChI=1S/C24H40O20/c1-5-8(27)10(29)18(44-22-14(33)9(28)6(3-25)39-22)24(38-5)42-16-7(4-26)40-23(15(34)12(16)31)43-17-11(30)13(32)20(35)41-19(17)21(36)37-2/h5-20,22-35H,3-4H2,1-2H3/t5-,6-,7+,8-,9-,10+,11+,12+,13+,14+,15+,16+,17-,18+,19-,20+,22-,23-,24-/m0/s1. The smallest absolute Gasteiger partial charge is 0.337 e. The van der Waals surface area contributed by atoms with E-state index < -0.39 is 136 Å². The molecule has 4 heterocycles. The minimum atomic E-state index is -2.03. The molecular weight excluding hydrogens is 608 g/mol. The largest absolute Gasteiger partial charge is 0.467 e. The molecule has 4 fully saturated rings. The number of aliphatic hydroxyl groups excluding tert-OH is 11. The molecule has 20 nitrogen and oxygen atoms in total. The lowest BCUT2D eigenvalue weighted by molar-refractivity contribution is -0.382. The molecule has 0 unspecified atom stereocenters. The number of esters is 1. The Morgan fingerprint density at radius 2 is 1.07 bits per heavy atom. The minimum Gasteiger partial charge on any atom is -0.467 e. The summed E-state index contributed by atoms with van der Waals surface area (Å²) in [5.41, 5.74) is 0. The fraction of sp³-hybridized carbons (Fsp3) is 0.958. The second-order valence-electron chi connectivity index (χ2n) is 10.9. The number of hydrogen-bond acceptors (Lipinski definition) is 20. The first-order valence-electron chi connectivity index (χ1n) is 13.8. The van der Waals surface area contributed by atoms with E-state index >= 15 is 0 Å². The van der Waals surface area contributed by atoms with Crippen LogP contribution in [-0.4, -0.2) is 199 Å². The van der Waals surface area contributed by atoms with Crippen molar-refractivity contribution in [2.75, 3.05) is 20.3 Å². The molecule has 0 saturated carbocycles. The van der Waals surface area contributed by atoms with Gasteiger partial charge in [-0.3, -0.25) is 0 Å². The van der Waals surface area contributed by atoms with E-state index in [4.69, 9.17) is 33.2 Å². The lowest BCUT2D eigenvalue weighted by Crippen LogP contribution is -2.67. The first kappa shape index (κ1) is 35.6. The van der Waals surface area contributed by atoms with Crippen molar-refractivity contribution >= 4 is 5.97 Å². The molecule has 4 aliphatic heterocycles. The van der Waals surface area contributed by atoms with Gasteiger partial charge in [0.1, 0.15) is 79.4 Å². The highest BCUT2D eigenvalue weighted by molar-refractivity contribution is 5.75. The van der Waals surface area contributed by atoms with Crippen LogP contribution < -0.4 is 0 Å². The van der Waals surface area contributed by atoms with Gasteiger partial charge in [0.15, 0.2) is 31.3 Å². The number of ether oxygens (including phenoxy) is 8. The van der Waals surface area contributed by atoms with Crippen molar-refractivity contribution < 1.29 is 98.9 Å². The topological polar surface area (TPSA) is 313 Å². The van der Waals surface area contributed by atoms with Crippen molar-refractivity contribution in [1.29, 1.82) is 0 Å². The van der Waals surface area contributed by atoms with Gasteiger partial charge < -0.3 is 94.1 Å². The second-order valence-corrected chi connectivity index (χ2v) is 10.9. The zero-order valence-electron chi connectivity index (χ0n) is 23.5. The number of carbonyl (C=O) groups excluding carboxylic acids is 1. The van der Waals surface area contributed by atoms with Crippen molar-refractivity contribution in [3.8, 4) is 0 Å². The third-order valence-corrected chi connectivity index (χ3v) is 7.97. The van der Waals surface area contributed by atoms with Gasteiger partial charge in [-0.15, -0.1) is 0 Å². The predicted octanol–water partition coefficient (Wildman–Crippen LogP) is -7.90. The van der Waals surface area contributed by atoms with Gasteiger partial charge >= 0.3 is 5.97 Å². The Balaban J connectivity index is 1.51. The lowest BCUT2D eigenvalue weighted by Gasteiger charge is -2.48. The summed E-state index contributed by atoms with van der Waals surface area (Å²) < 4.78 is 42.8. The molecule has 20 heteroatoms. The highest BCUT2D eigenvalue weighted by Crippen LogP contribution is 2.34. The molecular formula is C24H40O20. The quantitative estimate of drug-likeness (QED) is 0.103. The zero-order valence-corrected chi connectivity index (χ0v) is 23.5. The third-order valence-electron chi connectivity index (χ3n) is 7.97. The van der Waals surface area contributed by atoms with E-state index in [-0.39, 0.29) is 0 Å². The van der Waals surface area contributed by atoms with Crippen LogP contribution in [0.2, 0.25) is 0 Å². The summed E-state index contributed by atoms with van der Waals surface area (Å²) in [6.07, 6.45) is -32.6. The highest BCUT2D eigenvalue weighted by Gasteiger charge is 2.55. The van der Waals surface area contributed by atoms with Crippen molar-refractivity contribution in [3.05, 3.63) is 0 Å². The van der Waals surface area contributed by atoms with E-state index in [0.717, 1.165) is 7.11 Å². The molecule has 19 atom stereocenters. The van der Waals surface area contributed by atoms with Crippen molar-refractivity contribution in [1.82, 2.24) is 0 Å². The number of hydrogen-bond donors (Lipinski definition) is 11. The van der Waals surface area contributed by atoms with E-state index in [1.54, 1.807) is 0 Å². The zero-order chi connectivity index (χ0) is 32.6. The Morgan fingerprint density at radius 3 is 1.64 bits per heavy atom. The Morgan fingerprint density at radius 1 is 0.568 bits per heavy atom. The maximum Gasteiger partial charge on any atom is 0.337 e. The summed E-state index contributed by atoms with van der Waals surface area (Å²) in [4.78, 5) is 12.2. The Kier molecular flexibility index (Phi) is 11.9. The van der Waals surface area contributed by atoms with Crippen LogP contribution >= 0.6 is 0 Å². The fourth-order valence-corrected chi connectivity index (χ4v) is 5.34. The van der Waals surface area contributed by atoms with Gasteiger partial charge in [0, 0.05) is 0 Å². The van der Waals surface area contributed by atoms with Crippen LogP contribution in [0, 0.1) is 0 Å². The first-order chi connectivity index (χ1) is 20.7. The maximum absolute atomic E-state index is 12.2. The summed E-state index contributed by atoms with van der Waals surface area (Å²) in [6, 6.07) is 0. The molecule has 0 bridgehead atoms. The van der Waals surface area contributed by atoms with Gasteiger partial charge in [-0.1, -0.05) is 0 Å². The molecule has 0 radical (unpaired) electrons. The van der Waals surface area contributed by atoms with E-state index in [0.29, 0.717) is 0 Å². The van der Waals surface area contributed by atoms with Crippen LogP contribution in [-0.2, 0) is 42.7 Å². The second kappa shape index (κ2) is 14.7. The van der Waals surface area contributed by atoms with E-state index in [1.807, 2.05) is 0 Å². The van der Waals surface area contributed by atoms with Crippen LogP contribution in [0.15, 0.2) is 0 Å². The summed E-state index contributed by atoms with van der Waals surface area (Å²) in [7, 11) is 0.972. The number of aliphatic hydroxyl groups is 11. The van der Waals surface area contributed by atoms with Crippen LogP contribution in [0.25, 0.3) is 0 Å². The van der Waals surface area contributed by atoms with Gasteiger partial charge in [0.2, 0.25) is 0 Å². The molecule has 0 aromatic rings. The Labute approximate surface area is 249 Å². The molecule has 0 spiro atoms. The van der Waals surface area contributed by atoms with Gasteiger partial charge in [0.05, 0.1) is 26.4 Å². The Bertz CT molecular complexity index is 941. The number of methoxy groups -OCH3 is 1. The lowest BCUT2D eigenvalue weighted by atomic mass is 9.96. The monoisotopic (exact) mass is 648 g/mol. The van der Waals surface area contributed by atoms with E-state index in [1.165, 1.54) is 6.92 Å². The van der Waals surface area contributed by atoms with E-state index in [2.05, 4.69) is 4.74 Å². The molecule has 0 amide bonds. The molecule has 0 aromatic heterocycles. The number of rotatable bonds is 9. The molecule has 256 valence electrons. The molecule has 11 N–H and O–H groups in total. The molecule has 4 rings (SSSR count). The van der Waals surface area contributed by atoms with Gasteiger partial charge in [-0.05, 0) is 6.92 Å². The van der Waals surface area contributed by atoms with Crippen molar-refractivity contribution in [2.24, 2.45) is 0 Å². The highest BCUT2D eigenvalue weighted by atomic mass is 16.8. The summed E-state index contributed by atoms with van der Waals surface area (Å²) in [5, 5.41) is 113. The average Bonchev–Trinajstić information content (AvgIpc) is 3.28. The van der Waals surface area contributed by atoms with E-state index in [9.17, 15) is 61.0 Å². The molecule has 44 heavy (non-hydrogen) atoms. The van der Waals surface area contributed by atoms with Crippen LogP contribution in [0.4, 0.5) is 0 Å². The maximum atomic E-state index is 12.2. The molecule has 4 aliphatic rings. The third kappa shape index (κ3) is 6.88. The van der Waals surface area contributed by atoms with Gasteiger partial charge in [-0.2, -0.15) is 0 Å². The predicted molar refractivity (Wildman–Crippen MR) is 131 cm³/mol.